The number of amides is 1. The van der Waals surface area contributed by atoms with E-state index >= 15 is 0 Å². The van der Waals surface area contributed by atoms with Gasteiger partial charge in [0.2, 0.25) is 5.91 Å². The molecule has 0 spiro atoms. The van der Waals surface area contributed by atoms with Gasteiger partial charge in [-0.3, -0.25) is 9.59 Å². The molecule has 128 valence electrons. The fraction of sp³-hybridized carbons (Fsp3) is 0.353. The largest absolute Gasteiger partial charge is 0.497 e. The number of carboxylic acid groups (broad SMARTS) is 1. The molecule has 2 rings (SSSR count). The Hall–Kier alpha value is -2.41. The first-order valence-electron chi connectivity index (χ1n) is 7.53. The van der Waals surface area contributed by atoms with Crippen LogP contribution in [0.15, 0.2) is 29.6 Å². The molecule has 1 heterocycles. The number of rotatable bonds is 8. The van der Waals surface area contributed by atoms with E-state index in [-0.39, 0.29) is 18.2 Å². The van der Waals surface area contributed by atoms with Crippen LogP contribution in [0.25, 0.3) is 0 Å². The van der Waals surface area contributed by atoms with Crippen molar-refractivity contribution in [1.29, 1.82) is 0 Å². The fourth-order valence-electron chi connectivity index (χ4n) is 2.26. The van der Waals surface area contributed by atoms with Gasteiger partial charge in [0.15, 0.2) is 0 Å². The molecule has 0 aliphatic rings. The maximum Gasteiger partial charge on any atom is 0.309 e. The highest BCUT2D eigenvalue weighted by molar-refractivity contribution is 7.09. The molecule has 6 nitrogen and oxygen atoms in total. The molecule has 2 aromatic rings. The minimum absolute atomic E-state index is 0.0685. The van der Waals surface area contributed by atoms with Crippen LogP contribution in [0.5, 0.6) is 5.75 Å². The van der Waals surface area contributed by atoms with Gasteiger partial charge in [0.25, 0.3) is 0 Å². The van der Waals surface area contributed by atoms with Crippen molar-refractivity contribution in [3.63, 3.8) is 0 Å². The van der Waals surface area contributed by atoms with E-state index < -0.39 is 5.97 Å². The second-order valence-corrected chi connectivity index (χ2v) is 6.40. The van der Waals surface area contributed by atoms with Crippen LogP contribution in [0.1, 0.15) is 35.5 Å². The Balaban J connectivity index is 1.84. The van der Waals surface area contributed by atoms with Gasteiger partial charge in [-0.05, 0) is 23.6 Å². The molecule has 1 aromatic heterocycles. The van der Waals surface area contributed by atoms with Crippen molar-refractivity contribution in [2.75, 3.05) is 7.11 Å². The van der Waals surface area contributed by atoms with Gasteiger partial charge < -0.3 is 15.2 Å². The highest BCUT2D eigenvalue weighted by atomic mass is 32.1. The molecule has 7 heteroatoms. The van der Waals surface area contributed by atoms with Gasteiger partial charge in [-0.2, -0.15) is 0 Å². The molecular formula is C17H20N2O4S. The Labute approximate surface area is 144 Å². The zero-order valence-corrected chi connectivity index (χ0v) is 14.4. The van der Waals surface area contributed by atoms with Crippen molar-refractivity contribution in [2.24, 2.45) is 0 Å². The quantitative estimate of drug-likeness (QED) is 0.765. The van der Waals surface area contributed by atoms with Crippen molar-refractivity contribution in [3.05, 3.63) is 45.9 Å². The topological polar surface area (TPSA) is 88.5 Å². The summed E-state index contributed by atoms with van der Waals surface area (Å²) in [4.78, 5) is 26.9. The van der Waals surface area contributed by atoms with E-state index in [1.807, 2.05) is 31.2 Å². The number of ether oxygens (including phenoxy) is 1. The number of aromatic nitrogens is 1. The molecule has 0 saturated heterocycles. The van der Waals surface area contributed by atoms with Crippen LogP contribution in [-0.2, 0) is 22.6 Å². The monoisotopic (exact) mass is 348 g/mol. The minimum Gasteiger partial charge on any atom is -0.497 e. The van der Waals surface area contributed by atoms with Gasteiger partial charge in [-0.1, -0.05) is 19.1 Å². The Kier molecular flexibility index (Phi) is 6.31. The third-order valence-corrected chi connectivity index (χ3v) is 4.42. The summed E-state index contributed by atoms with van der Waals surface area (Å²) in [5, 5.41) is 14.0. The third kappa shape index (κ3) is 5.34. The summed E-state index contributed by atoms with van der Waals surface area (Å²) in [7, 11) is 1.61. The Morgan fingerprint density at radius 3 is 2.92 bits per heavy atom. The van der Waals surface area contributed by atoms with E-state index in [1.165, 1.54) is 11.3 Å². The average Bonchev–Trinajstić information content (AvgIpc) is 2.99. The molecular weight excluding hydrogens is 328 g/mol. The lowest BCUT2D eigenvalue weighted by Crippen LogP contribution is -2.24. The molecule has 0 fully saturated rings. The molecule has 2 N–H and O–H groups in total. The maximum absolute atomic E-state index is 12.1. The molecule has 1 aromatic carbocycles. The molecule has 1 unspecified atom stereocenters. The Morgan fingerprint density at radius 2 is 2.21 bits per heavy atom. The second-order valence-electron chi connectivity index (χ2n) is 5.46. The highest BCUT2D eigenvalue weighted by Gasteiger charge is 2.13. The fourth-order valence-corrected chi connectivity index (χ4v) is 2.99. The van der Waals surface area contributed by atoms with Crippen LogP contribution in [-0.4, -0.2) is 29.1 Å². The summed E-state index contributed by atoms with van der Waals surface area (Å²) in [5.74, 6) is -0.143. The molecule has 24 heavy (non-hydrogen) atoms. The summed E-state index contributed by atoms with van der Waals surface area (Å²) in [5.41, 5.74) is 1.56. The highest BCUT2D eigenvalue weighted by Crippen LogP contribution is 2.23. The molecule has 1 amide bonds. The first-order valence-corrected chi connectivity index (χ1v) is 8.41. The van der Waals surface area contributed by atoms with Gasteiger partial charge in [-0.25, -0.2) is 4.98 Å². The van der Waals surface area contributed by atoms with Crippen LogP contribution in [0.2, 0.25) is 0 Å². The lowest BCUT2D eigenvalue weighted by atomic mass is 9.97. The number of methoxy groups -OCH3 is 1. The Morgan fingerprint density at radius 1 is 1.42 bits per heavy atom. The second kappa shape index (κ2) is 8.44. The smallest absolute Gasteiger partial charge is 0.309 e. The van der Waals surface area contributed by atoms with E-state index in [0.29, 0.717) is 23.7 Å². The number of nitrogens with zero attached hydrogens (tertiary/aromatic N) is 1. The third-order valence-electron chi connectivity index (χ3n) is 3.52. The SMILES string of the molecule is COc1cccc(C(C)CC(=O)NCc2nc(CC(=O)O)cs2)c1. The Bertz CT molecular complexity index is 714. The summed E-state index contributed by atoms with van der Waals surface area (Å²) >= 11 is 1.35. The number of carbonyl (C=O) groups is 2. The molecule has 0 bridgehead atoms. The van der Waals surface area contributed by atoms with Crippen LogP contribution in [0.4, 0.5) is 0 Å². The van der Waals surface area contributed by atoms with E-state index in [1.54, 1.807) is 12.5 Å². The van der Waals surface area contributed by atoms with Crippen molar-refractivity contribution in [1.82, 2.24) is 10.3 Å². The number of hydrogen-bond donors (Lipinski definition) is 2. The first-order chi connectivity index (χ1) is 11.5. The maximum atomic E-state index is 12.1. The number of nitrogens with one attached hydrogen (secondary N) is 1. The summed E-state index contributed by atoms with van der Waals surface area (Å²) in [6.07, 6.45) is 0.262. The predicted octanol–water partition coefficient (Wildman–Crippen LogP) is 2.59. The van der Waals surface area contributed by atoms with E-state index in [2.05, 4.69) is 10.3 Å². The number of hydrogen-bond acceptors (Lipinski definition) is 5. The van der Waals surface area contributed by atoms with Gasteiger partial charge in [0.05, 0.1) is 25.8 Å². The van der Waals surface area contributed by atoms with E-state index in [9.17, 15) is 9.59 Å². The molecule has 0 aliphatic carbocycles. The van der Waals surface area contributed by atoms with Crippen LogP contribution in [0, 0.1) is 0 Å². The van der Waals surface area contributed by atoms with Crippen molar-refractivity contribution < 1.29 is 19.4 Å². The predicted molar refractivity (Wildman–Crippen MR) is 91.3 cm³/mol. The zero-order valence-electron chi connectivity index (χ0n) is 13.6. The van der Waals surface area contributed by atoms with Crippen molar-refractivity contribution >= 4 is 23.2 Å². The lowest BCUT2D eigenvalue weighted by Gasteiger charge is -2.12. The molecule has 0 radical (unpaired) electrons. The van der Waals surface area contributed by atoms with Gasteiger partial charge in [-0.15, -0.1) is 11.3 Å². The van der Waals surface area contributed by atoms with Crippen molar-refractivity contribution in [3.8, 4) is 5.75 Å². The lowest BCUT2D eigenvalue weighted by molar-refractivity contribution is -0.136. The normalized spacial score (nSPS) is 11.8. The van der Waals surface area contributed by atoms with Crippen molar-refractivity contribution in [2.45, 2.75) is 32.2 Å². The number of aliphatic carboxylic acids is 1. The number of carbonyl (C=O) groups excluding carboxylic acids is 1. The molecule has 0 saturated carbocycles. The van der Waals surface area contributed by atoms with Crippen LogP contribution in [0.3, 0.4) is 0 Å². The van der Waals surface area contributed by atoms with Gasteiger partial charge in [0, 0.05) is 11.8 Å². The van der Waals surface area contributed by atoms with E-state index in [4.69, 9.17) is 9.84 Å². The van der Waals surface area contributed by atoms with Gasteiger partial charge in [0.1, 0.15) is 10.8 Å². The average molecular weight is 348 g/mol. The molecule has 1 atom stereocenters. The number of carboxylic acids is 1. The van der Waals surface area contributed by atoms with Gasteiger partial charge >= 0.3 is 5.97 Å². The van der Waals surface area contributed by atoms with E-state index in [0.717, 1.165) is 11.3 Å². The van der Waals surface area contributed by atoms with Crippen LogP contribution < -0.4 is 10.1 Å². The summed E-state index contributed by atoms with van der Waals surface area (Å²) < 4.78 is 5.20. The zero-order chi connectivity index (χ0) is 17.5. The first kappa shape index (κ1) is 17.9. The number of benzene rings is 1. The minimum atomic E-state index is -0.914. The van der Waals surface area contributed by atoms with Crippen LogP contribution >= 0.6 is 11.3 Å². The summed E-state index contributed by atoms with van der Waals surface area (Å²) in [6, 6.07) is 7.67. The molecule has 0 aliphatic heterocycles. The number of thiazole rings is 1. The standard InChI is InChI=1S/C17H20N2O4S/c1-11(12-4-3-5-14(7-12)23-2)6-15(20)18-9-16-19-13(10-24-16)8-17(21)22/h3-5,7,10-11H,6,8-9H2,1-2H3,(H,18,20)(H,21,22). The summed E-state index contributed by atoms with van der Waals surface area (Å²) in [6.45, 7) is 2.30.